The van der Waals surface area contributed by atoms with Gasteiger partial charge in [0.1, 0.15) is 6.42 Å². The largest absolute Gasteiger partial charge is 0.500 e. The van der Waals surface area contributed by atoms with Crippen LogP contribution in [0, 0.1) is 0 Å². The highest BCUT2D eigenvalue weighted by atomic mass is 28.4. The zero-order valence-electron chi connectivity index (χ0n) is 18.5. The number of aliphatic carboxylic acids is 2. The molecular weight excluding hydrogens is 442 g/mol. The van der Waals surface area contributed by atoms with Crippen LogP contribution in [0.25, 0.3) is 0 Å². The molecule has 180 valence electrons. The monoisotopic (exact) mass is 473 g/mol. The summed E-state index contributed by atoms with van der Waals surface area (Å²) in [5, 5.41) is 27.3. The molecule has 1 amide bonds. The van der Waals surface area contributed by atoms with Crippen molar-refractivity contribution in [3.63, 3.8) is 0 Å². The predicted molar refractivity (Wildman–Crippen MR) is 116 cm³/mol. The van der Waals surface area contributed by atoms with Crippen molar-refractivity contribution >= 4 is 32.6 Å². The van der Waals surface area contributed by atoms with E-state index in [-0.39, 0.29) is 11.1 Å². The SMILES string of the molecule is CCO[Si](CCCNC(=O)c1ccccc1C(=O)O)(OCC)OCC.O=C(O)CC(=O)O. The molecule has 0 spiro atoms. The van der Waals surface area contributed by atoms with E-state index in [1.54, 1.807) is 12.1 Å². The smallest absolute Gasteiger partial charge is 0.481 e. The third-order valence-corrected chi connectivity index (χ3v) is 6.89. The van der Waals surface area contributed by atoms with Gasteiger partial charge in [-0.1, -0.05) is 12.1 Å². The first-order valence-electron chi connectivity index (χ1n) is 10.1. The summed E-state index contributed by atoms with van der Waals surface area (Å²) in [6, 6.07) is 6.72. The molecule has 0 aliphatic carbocycles. The van der Waals surface area contributed by atoms with Gasteiger partial charge in [0.2, 0.25) is 0 Å². The fraction of sp³-hybridized carbons (Fsp3) is 0.500. The number of benzene rings is 1. The fourth-order valence-corrected chi connectivity index (χ4v) is 5.21. The molecule has 1 rings (SSSR count). The zero-order chi connectivity index (χ0) is 24.6. The van der Waals surface area contributed by atoms with Gasteiger partial charge in [0.15, 0.2) is 0 Å². The maximum Gasteiger partial charge on any atom is 0.500 e. The van der Waals surface area contributed by atoms with Gasteiger partial charge < -0.3 is 33.9 Å². The molecule has 0 bridgehead atoms. The van der Waals surface area contributed by atoms with Crippen LogP contribution in [-0.4, -0.2) is 74.3 Å². The number of nitrogens with one attached hydrogen (secondary N) is 1. The van der Waals surface area contributed by atoms with Crippen LogP contribution in [0.3, 0.4) is 0 Å². The van der Waals surface area contributed by atoms with Crippen molar-refractivity contribution in [2.24, 2.45) is 0 Å². The normalized spacial score (nSPS) is 10.6. The Morgan fingerprint density at radius 1 is 0.844 bits per heavy atom. The summed E-state index contributed by atoms with van der Waals surface area (Å²) in [6.07, 6.45) is -0.187. The van der Waals surface area contributed by atoms with Crippen LogP contribution in [0.5, 0.6) is 0 Å². The number of amides is 1. The minimum Gasteiger partial charge on any atom is -0.481 e. The Labute approximate surface area is 187 Å². The van der Waals surface area contributed by atoms with E-state index >= 15 is 0 Å². The molecule has 0 unspecified atom stereocenters. The van der Waals surface area contributed by atoms with Crippen molar-refractivity contribution < 1.29 is 47.8 Å². The highest BCUT2D eigenvalue weighted by Gasteiger charge is 2.39. The summed E-state index contributed by atoms with van der Waals surface area (Å²) in [4.78, 5) is 42.3. The average Bonchev–Trinajstić information content (AvgIpc) is 2.71. The molecular formula is C20H31NO10Si. The molecule has 0 saturated carbocycles. The lowest BCUT2D eigenvalue weighted by atomic mass is 10.1. The molecule has 32 heavy (non-hydrogen) atoms. The molecule has 1 aromatic rings. The third-order valence-electron chi connectivity index (χ3n) is 3.74. The number of hydrogen-bond acceptors (Lipinski definition) is 7. The Hall–Kier alpha value is -2.80. The van der Waals surface area contributed by atoms with Crippen molar-refractivity contribution in [2.45, 2.75) is 39.7 Å². The molecule has 12 heteroatoms. The highest BCUT2D eigenvalue weighted by molar-refractivity contribution is 6.60. The Balaban J connectivity index is 0.00000118. The Bertz CT molecular complexity index is 727. The van der Waals surface area contributed by atoms with Gasteiger partial charge in [-0.3, -0.25) is 14.4 Å². The van der Waals surface area contributed by atoms with Gasteiger partial charge in [-0.2, -0.15) is 0 Å². The molecule has 0 aliphatic heterocycles. The number of carboxylic acid groups (broad SMARTS) is 3. The van der Waals surface area contributed by atoms with E-state index in [0.29, 0.717) is 38.8 Å². The molecule has 0 aromatic heterocycles. The number of carbonyl (C=O) groups excluding carboxylic acids is 1. The maximum absolute atomic E-state index is 12.2. The van der Waals surface area contributed by atoms with Gasteiger partial charge in [-0.15, -0.1) is 0 Å². The fourth-order valence-electron chi connectivity index (χ4n) is 2.60. The Kier molecular flexibility index (Phi) is 14.5. The molecule has 0 aliphatic rings. The van der Waals surface area contributed by atoms with Crippen molar-refractivity contribution in [1.82, 2.24) is 5.32 Å². The first-order valence-corrected chi connectivity index (χ1v) is 12.0. The lowest BCUT2D eigenvalue weighted by Crippen LogP contribution is -2.46. The molecule has 4 N–H and O–H groups in total. The van der Waals surface area contributed by atoms with Crippen LogP contribution < -0.4 is 5.32 Å². The highest BCUT2D eigenvalue weighted by Crippen LogP contribution is 2.18. The quantitative estimate of drug-likeness (QED) is 0.178. The van der Waals surface area contributed by atoms with Crippen molar-refractivity contribution in [2.75, 3.05) is 26.4 Å². The number of rotatable bonds is 14. The van der Waals surface area contributed by atoms with Crippen LogP contribution in [0.2, 0.25) is 6.04 Å². The van der Waals surface area contributed by atoms with Crippen LogP contribution >= 0.6 is 0 Å². The van der Waals surface area contributed by atoms with E-state index < -0.39 is 39.0 Å². The van der Waals surface area contributed by atoms with Crippen LogP contribution in [0.1, 0.15) is 54.3 Å². The van der Waals surface area contributed by atoms with E-state index in [2.05, 4.69) is 5.32 Å². The molecule has 0 fully saturated rings. The second kappa shape index (κ2) is 15.9. The van der Waals surface area contributed by atoms with E-state index in [1.165, 1.54) is 12.1 Å². The van der Waals surface area contributed by atoms with Crippen LogP contribution in [0.4, 0.5) is 0 Å². The van der Waals surface area contributed by atoms with Gasteiger partial charge >= 0.3 is 26.7 Å². The van der Waals surface area contributed by atoms with Crippen LogP contribution in [-0.2, 0) is 22.9 Å². The van der Waals surface area contributed by atoms with Gasteiger partial charge in [0.25, 0.3) is 5.91 Å². The molecule has 0 saturated heterocycles. The molecule has 0 heterocycles. The van der Waals surface area contributed by atoms with Gasteiger partial charge in [-0.25, -0.2) is 4.79 Å². The van der Waals surface area contributed by atoms with Crippen LogP contribution in [0.15, 0.2) is 24.3 Å². The summed E-state index contributed by atoms with van der Waals surface area (Å²) < 4.78 is 17.3. The average molecular weight is 474 g/mol. The summed E-state index contributed by atoms with van der Waals surface area (Å²) in [7, 11) is -2.72. The molecule has 1 aromatic carbocycles. The lowest BCUT2D eigenvalue weighted by molar-refractivity contribution is -0.147. The molecule has 0 atom stereocenters. The number of aromatic carboxylic acids is 1. The van der Waals surface area contributed by atoms with Crippen molar-refractivity contribution in [1.29, 1.82) is 0 Å². The number of carboxylic acids is 3. The van der Waals surface area contributed by atoms with Gasteiger partial charge in [-0.05, 0) is 39.3 Å². The first kappa shape index (κ1) is 29.2. The topological polar surface area (TPSA) is 169 Å². The zero-order valence-corrected chi connectivity index (χ0v) is 19.5. The van der Waals surface area contributed by atoms with E-state index in [1.807, 2.05) is 20.8 Å². The second-order valence-corrected chi connectivity index (χ2v) is 8.89. The summed E-state index contributed by atoms with van der Waals surface area (Å²) in [5.74, 6) is -4.16. The Morgan fingerprint density at radius 2 is 1.31 bits per heavy atom. The number of carbonyl (C=O) groups is 4. The summed E-state index contributed by atoms with van der Waals surface area (Å²) in [5.41, 5.74) is 0.139. The molecule has 0 radical (unpaired) electrons. The van der Waals surface area contributed by atoms with E-state index in [9.17, 15) is 19.2 Å². The molecule has 11 nitrogen and oxygen atoms in total. The van der Waals surface area contributed by atoms with E-state index in [4.69, 9.17) is 28.6 Å². The minimum atomic E-state index is -2.72. The van der Waals surface area contributed by atoms with E-state index in [0.717, 1.165) is 0 Å². The standard InChI is InChI=1S/C17H27NO6Si.C3H4O4/c1-4-22-25(23-5-2,24-6-3)13-9-12-18-16(19)14-10-7-8-11-15(14)17(20)21;4-2(5)1-3(6)7/h7-8,10-11H,4-6,9,12-13H2,1-3H3,(H,18,19)(H,20,21);1H2,(H,4,5)(H,6,7). The summed E-state index contributed by atoms with van der Waals surface area (Å²) in [6.45, 7) is 7.58. The Morgan fingerprint density at radius 3 is 1.69 bits per heavy atom. The second-order valence-electron chi connectivity index (χ2n) is 6.16. The third kappa shape index (κ3) is 11.6. The first-order chi connectivity index (χ1) is 15.1. The minimum absolute atomic E-state index is 0.0123. The summed E-state index contributed by atoms with van der Waals surface area (Å²) >= 11 is 0. The van der Waals surface area contributed by atoms with Crippen molar-refractivity contribution in [3.8, 4) is 0 Å². The van der Waals surface area contributed by atoms with Gasteiger partial charge in [0.05, 0.1) is 11.1 Å². The predicted octanol–water partition coefficient (Wildman–Crippen LogP) is 2.10. The van der Waals surface area contributed by atoms with Crippen molar-refractivity contribution in [3.05, 3.63) is 35.4 Å². The van der Waals surface area contributed by atoms with Gasteiger partial charge in [0, 0.05) is 32.4 Å². The maximum atomic E-state index is 12.2. The lowest BCUT2D eigenvalue weighted by Gasteiger charge is -2.28. The number of hydrogen-bond donors (Lipinski definition) is 4.